The van der Waals surface area contributed by atoms with Gasteiger partial charge < -0.3 is 4.74 Å². The van der Waals surface area contributed by atoms with E-state index >= 15 is 0 Å². The van der Waals surface area contributed by atoms with E-state index < -0.39 is 16.1 Å². The molecule has 0 saturated heterocycles. The van der Waals surface area contributed by atoms with Gasteiger partial charge in [0.1, 0.15) is 6.10 Å². The average Bonchev–Trinajstić information content (AvgIpc) is 2.81. The summed E-state index contributed by atoms with van der Waals surface area (Å²) in [5.74, 6) is -0.376. The SMILES string of the molecule is Cc1cccc(C2=C(c3ccc(S(N)(=O)=O)cc3)C(C)OC2=O)c1. The normalized spacial score (nSPS) is 18.0. The predicted octanol–water partition coefficient (Wildman–Crippen LogP) is 2.50. The number of carbonyl (C=O) groups is 1. The van der Waals surface area contributed by atoms with Gasteiger partial charge in [-0.05, 0) is 37.1 Å². The highest BCUT2D eigenvalue weighted by Gasteiger charge is 2.33. The quantitative estimate of drug-likeness (QED) is 0.868. The molecule has 24 heavy (non-hydrogen) atoms. The van der Waals surface area contributed by atoms with Crippen LogP contribution >= 0.6 is 0 Å². The molecule has 0 bridgehead atoms. The maximum Gasteiger partial charge on any atom is 0.339 e. The van der Waals surface area contributed by atoms with Crippen molar-refractivity contribution in [3.8, 4) is 0 Å². The van der Waals surface area contributed by atoms with E-state index in [1.165, 1.54) is 12.1 Å². The van der Waals surface area contributed by atoms with Gasteiger partial charge >= 0.3 is 5.97 Å². The first-order valence-electron chi connectivity index (χ1n) is 7.43. The summed E-state index contributed by atoms with van der Waals surface area (Å²) in [6.07, 6.45) is -0.409. The first-order valence-corrected chi connectivity index (χ1v) is 8.97. The van der Waals surface area contributed by atoms with E-state index in [4.69, 9.17) is 9.88 Å². The Balaban J connectivity index is 2.16. The fourth-order valence-electron chi connectivity index (χ4n) is 2.87. The van der Waals surface area contributed by atoms with E-state index in [1.54, 1.807) is 19.1 Å². The van der Waals surface area contributed by atoms with Crippen LogP contribution in [-0.4, -0.2) is 20.5 Å². The molecule has 2 N–H and O–H groups in total. The highest BCUT2D eigenvalue weighted by molar-refractivity contribution is 7.89. The number of nitrogens with two attached hydrogens (primary N) is 1. The smallest absolute Gasteiger partial charge is 0.339 e. The van der Waals surface area contributed by atoms with Crippen LogP contribution in [0.4, 0.5) is 0 Å². The third kappa shape index (κ3) is 2.98. The summed E-state index contributed by atoms with van der Waals surface area (Å²) in [7, 11) is -3.75. The van der Waals surface area contributed by atoms with Gasteiger partial charge in [0.25, 0.3) is 0 Å². The van der Waals surface area contributed by atoms with Crippen LogP contribution in [0.3, 0.4) is 0 Å². The summed E-state index contributed by atoms with van der Waals surface area (Å²) in [6, 6.07) is 13.8. The predicted molar refractivity (Wildman–Crippen MR) is 91.4 cm³/mol. The number of cyclic esters (lactones) is 1. The molecule has 3 rings (SSSR count). The molecule has 2 aromatic carbocycles. The fourth-order valence-corrected chi connectivity index (χ4v) is 3.38. The number of carbonyl (C=O) groups excluding carboxylic acids is 1. The molecule has 1 unspecified atom stereocenters. The molecule has 0 aliphatic carbocycles. The lowest BCUT2D eigenvalue weighted by Crippen LogP contribution is -2.12. The van der Waals surface area contributed by atoms with Gasteiger partial charge in [-0.1, -0.05) is 42.0 Å². The third-order valence-corrected chi connectivity index (χ3v) is 4.89. The van der Waals surface area contributed by atoms with Gasteiger partial charge in [0, 0.05) is 5.57 Å². The van der Waals surface area contributed by atoms with Crippen LogP contribution in [0.2, 0.25) is 0 Å². The van der Waals surface area contributed by atoms with Crippen molar-refractivity contribution in [2.75, 3.05) is 0 Å². The van der Waals surface area contributed by atoms with Crippen molar-refractivity contribution in [3.05, 3.63) is 65.2 Å². The molecule has 1 atom stereocenters. The Bertz CT molecular complexity index is 943. The Morgan fingerprint density at radius 2 is 1.71 bits per heavy atom. The number of sulfonamides is 1. The first-order chi connectivity index (χ1) is 11.3. The lowest BCUT2D eigenvalue weighted by atomic mass is 9.93. The van der Waals surface area contributed by atoms with Crippen LogP contribution in [0.5, 0.6) is 0 Å². The monoisotopic (exact) mass is 343 g/mol. The summed E-state index contributed by atoms with van der Waals surface area (Å²) in [5.41, 5.74) is 3.81. The van der Waals surface area contributed by atoms with Crippen molar-refractivity contribution in [3.63, 3.8) is 0 Å². The summed E-state index contributed by atoms with van der Waals surface area (Å²) >= 11 is 0. The minimum Gasteiger partial charge on any atom is -0.454 e. The number of hydrogen-bond acceptors (Lipinski definition) is 4. The molecule has 124 valence electrons. The Kier molecular flexibility index (Phi) is 4.03. The zero-order chi connectivity index (χ0) is 17.5. The van der Waals surface area contributed by atoms with Crippen LogP contribution < -0.4 is 5.14 Å². The summed E-state index contributed by atoms with van der Waals surface area (Å²) in [4.78, 5) is 12.3. The number of rotatable bonds is 3. The zero-order valence-electron chi connectivity index (χ0n) is 13.3. The fraction of sp³-hybridized carbons (Fsp3) is 0.167. The number of hydrogen-bond donors (Lipinski definition) is 1. The van der Waals surface area contributed by atoms with Crippen LogP contribution in [0.1, 0.15) is 23.6 Å². The van der Waals surface area contributed by atoms with Crippen LogP contribution in [0.25, 0.3) is 11.1 Å². The number of benzene rings is 2. The maximum atomic E-state index is 12.3. The van der Waals surface area contributed by atoms with Crippen molar-refractivity contribution in [1.82, 2.24) is 0 Å². The molecule has 0 spiro atoms. The van der Waals surface area contributed by atoms with Gasteiger partial charge in [-0.3, -0.25) is 0 Å². The Labute approximate surface area is 140 Å². The molecule has 1 aliphatic heterocycles. The molecule has 1 aliphatic rings. The Hall–Kier alpha value is -2.44. The van der Waals surface area contributed by atoms with Gasteiger partial charge in [-0.15, -0.1) is 0 Å². The number of esters is 1. The van der Waals surface area contributed by atoms with E-state index in [2.05, 4.69) is 0 Å². The summed E-state index contributed by atoms with van der Waals surface area (Å²) < 4.78 is 28.2. The van der Waals surface area contributed by atoms with E-state index in [0.29, 0.717) is 5.57 Å². The van der Waals surface area contributed by atoms with Crippen LogP contribution in [-0.2, 0) is 19.6 Å². The van der Waals surface area contributed by atoms with E-state index in [0.717, 1.165) is 22.3 Å². The molecule has 0 radical (unpaired) electrons. The van der Waals surface area contributed by atoms with Gasteiger partial charge in [0.05, 0.1) is 10.5 Å². The number of primary sulfonamides is 1. The second-order valence-electron chi connectivity index (χ2n) is 5.78. The number of ether oxygens (including phenoxy) is 1. The van der Waals surface area contributed by atoms with Gasteiger partial charge in [-0.2, -0.15) is 0 Å². The lowest BCUT2D eigenvalue weighted by molar-refractivity contribution is -0.136. The van der Waals surface area contributed by atoms with Crippen molar-refractivity contribution in [2.45, 2.75) is 24.8 Å². The Morgan fingerprint density at radius 1 is 1.04 bits per heavy atom. The average molecular weight is 343 g/mol. The second kappa shape index (κ2) is 5.89. The van der Waals surface area contributed by atoms with Crippen LogP contribution in [0, 0.1) is 6.92 Å². The largest absolute Gasteiger partial charge is 0.454 e. The molecule has 2 aromatic rings. The molecule has 0 aromatic heterocycles. The molecular formula is C18H17NO4S. The topological polar surface area (TPSA) is 86.5 Å². The van der Waals surface area contributed by atoms with Gasteiger partial charge in [0.15, 0.2) is 0 Å². The molecule has 0 saturated carbocycles. The molecule has 0 amide bonds. The van der Waals surface area contributed by atoms with E-state index in [1.807, 2.05) is 31.2 Å². The number of aryl methyl sites for hydroxylation is 1. The minimum atomic E-state index is -3.75. The van der Waals surface area contributed by atoms with Crippen molar-refractivity contribution >= 4 is 27.1 Å². The second-order valence-corrected chi connectivity index (χ2v) is 7.34. The molecule has 0 fully saturated rings. The molecular weight excluding hydrogens is 326 g/mol. The molecule has 6 heteroatoms. The standard InChI is InChI=1S/C18H17NO4S/c1-11-4-3-5-14(10-11)17-16(12(2)23-18(17)20)13-6-8-15(9-7-13)24(19,21)22/h3-10,12H,1-2H3,(H2,19,21,22). The van der Waals surface area contributed by atoms with Gasteiger partial charge in [-0.25, -0.2) is 18.4 Å². The highest BCUT2D eigenvalue weighted by Crippen LogP contribution is 2.37. The first kappa shape index (κ1) is 16.4. The van der Waals surface area contributed by atoms with E-state index in [-0.39, 0.29) is 10.9 Å². The van der Waals surface area contributed by atoms with Gasteiger partial charge in [0.2, 0.25) is 10.0 Å². The maximum absolute atomic E-state index is 12.3. The minimum absolute atomic E-state index is 0.0295. The van der Waals surface area contributed by atoms with Crippen molar-refractivity contribution < 1.29 is 17.9 Å². The van der Waals surface area contributed by atoms with Crippen LogP contribution in [0.15, 0.2) is 53.4 Å². The Morgan fingerprint density at radius 3 is 2.29 bits per heavy atom. The third-order valence-electron chi connectivity index (χ3n) is 3.96. The summed E-state index contributed by atoms with van der Waals surface area (Å²) in [6.45, 7) is 3.75. The van der Waals surface area contributed by atoms with E-state index in [9.17, 15) is 13.2 Å². The summed E-state index contributed by atoms with van der Waals surface area (Å²) in [5, 5.41) is 5.13. The molecule has 5 nitrogen and oxygen atoms in total. The lowest BCUT2D eigenvalue weighted by Gasteiger charge is -2.10. The highest BCUT2D eigenvalue weighted by atomic mass is 32.2. The molecule has 1 heterocycles. The van der Waals surface area contributed by atoms with Crippen molar-refractivity contribution in [2.24, 2.45) is 5.14 Å². The van der Waals surface area contributed by atoms with Crippen molar-refractivity contribution in [1.29, 1.82) is 0 Å². The zero-order valence-corrected chi connectivity index (χ0v) is 14.1.